The molecule has 1 aliphatic heterocycles. The summed E-state index contributed by atoms with van der Waals surface area (Å²) in [7, 11) is 0. The summed E-state index contributed by atoms with van der Waals surface area (Å²) in [4.78, 5) is 13.9. The van der Waals surface area contributed by atoms with Crippen LogP contribution >= 0.6 is 0 Å². The Balaban J connectivity index is 2.17. The normalized spacial score (nSPS) is 23.1. The van der Waals surface area contributed by atoms with Crippen molar-refractivity contribution in [2.75, 3.05) is 6.54 Å². The lowest BCUT2D eigenvalue weighted by Gasteiger charge is -2.24. The van der Waals surface area contributed by atoms with E-state index in [0.29, 0.717) is 12.1 Å². The highest BCUT2D eigenvalue weighted by Crippen LogP contribution is 2.27. The fourth-order valence-corrected chi connectivity index (χ4v) is 2.50. The third-order valence-electron chi connectivity index (χ3n) is 3.58. The van der Waals surface area contributed by atoms with Gasteiger partial charge in [-0.3, -0.25) is 10.1 Å². The molecule has 1 aromatic carbocycles. The van der Waals surface area contributed by atoms with Crippen molar-refractivity contribution in [1.29, 1.82) is 0 Å². The molecule has 4 heteroatoms. The van der Waals surface area contributed by atoms with Crippen LogP contribution in [0.1, 0.15) is 44.8 Å². The second-order valence-electron chi connectivity index (χ2n) is 5.05. The van der Waals surface area contributed by atoms with E-state index < -0.39 is 0 Å². The molecule has 0 radical (unpaired) electrons. The van der Waals surface area contributed by atoms with E-state index in [-0.39, 0.29) is 23.9 Å². The first-order valence-electron chi connectivity index (χ1n) is 6.96. The molecule has 3 nitrogen and oxygen atoms in total. The zero-order valence-electron chi connectivity index (χ0n) is 11.5. The molecule has 104 valence electrons. The van der Waals surface area contributed by atoms with E-state index in [2.05, 4.69) is 12.2 Å². The minimum absolute atomic E-state index is 0.0596. The second-order valence-corrected chi connectivity index (χ2v) is 5.05. The van der Waals surface area contributed by atoms with E-state index in [1.54, 1.807) is 23.1 Å². The number of amides is 1. The molecule has 1 aromatic rings. The Kier molecular flexibility index (Phi) is 4.53. The van der Waals surface area contributed by atoms with Crippen LogP contribution < -0.4 is 5.32 Å². The number of hydrogen-bond donors (Lipinski definition) is 1. The lowest BCUT2D eigenvalue weighted by Crippen LogP contribution is -2.32. The molecule has 0 bridgehead atoms. The van der Waals surface area contributed by atoms with Gasteiger partial charge in [-0.2, -0.15) is 0 Å². The van der Waals surface area contributed by atoms with Crippen LogP contribution in [0.2, 0.25) is 0 Å². The molecule has 1 aliphatic rings. The summed E-state index contributed by atoms with van der Waals surface area (Å²) < 4.78 is 13.9. The lowest BCUT2D eigenvalue weighted by molar-refractivity contribution is -0.129. The molecule has 1 amide bonds. The monoisotopic (exact) mass is 264 g/mol. The average molecular weight is 264 g/mol. The van der Waals surface area contributed by atoms with Gasteiger partial charge in [-0.15, -0.1) is 0 Å². The maximum atomic E-state index is 13.9. The maximum absolute atomic E-state index is 13.9. The Labute approximate surface area is 113 Å². The van der Waals surface area contributed by atoms with Crippen LogP contribution in [-0.2, 0) is 4.79 Å². The van der Waals surface area contributed by atoms with Crippen molar-refractivity contribution in [3.05, 3.63) is 35.6 Å². The largest absolute Gasteiger partial charge is 0.321 e. The van der Waals surface area contributed by atoms with Gasteiger partial charge in [-0.25, -0.2) is 4.39 Å². The zero-order chi connectivity index (χ0) is 13.8. The van der Waals surface area contributed by atoms with Crippen LogP contribution in [0.5, 0.6) is 0 Å². The SMILES string of the molecule is CCCCCN1C(=O)C(C)NC1c1ccccc1F. The third-order valence-corrected chi connectivity index (χ3v) is 3.58. The molecule has 0 aromatic heterocycles. The highest BCUT2D eigenvalue weighted by molar-refractivity contribution is 5.84. The van der Waals surface area contributed by atoms with Crippen LogP contribution in [0.3, 0.4) is 0 Å². The van der Waals surface area contributed by atoms with Gasteiger partial charge in [0.25, 0.3) is 0 Å². The summed E-state index contributed by atoms with van der Waals surface area (Å²) >= 11 is 0. The van der Waals surface area contributed by atoms with Gasteiger partial charge in [-0.1, -0.05) is 38.0 Å². The number of halogens is 1. The van der Waals surface area contributed by atoms with Gasteiger partial charge < -0.3 is 4.90 Å². The molecule has 2 unspecified atom stereocenters. The zero-order valence-corrected chi connectivity index (χ0v) is 11.5. The molecule has 1 saturated heterocycles. The molecule has 2 atom stereocenters. The molecule has 1 N–H and O–H groups in total. The number of benzene rings is 1. The number of hydrogen-bond acceptors (Lipinski definition) is 2. The average Bonchev–Trinajstić information content (AvgIpc) is 2.68. The number of unbranched alkanes of at least 4 members (excludes halogenated alkanes) is 2. The van der Waals surface area contributed by atoms with E-state index in [1.807, 2.05) is 6.92 Å². The van der Waals surface area contributed by atoms with Crippen molar-refractivity contribution in [2.24, 2.45) is 0 Å². The number of rotatable bonds is 5. The quantitative estimate of drug-likeness (QED) is 0.829. The van der Waals surface area contributed by atoms with Crippen LogP contribution in [-0.4, -0.2) is 23.4 Å². The Hall–Kier alpha value is -1.42. The van der Waals surface area contributed by atoms with E-state index >= 15 is 0 Å². The Morgan fingerprint density at radius 3 is 2.74 bits per heavy atom. The predicted molar refractivity (Wildman–Crippen MR) is 73.0 cm³/mol. The Morgan fingerprint density at radius 2 is 2.05 bits per heavy atom. The first kappa shape index (κ1) is 14.0. The van der Waals surface area contributed by atoms with Crippen molar-refractivity contribution in [1.82, 2.24) is 10.2 Å². The van der Waals surface area contributed by atoms with Gasteiger partial charge in [-0.05, 0) is 19.4 Å². The van der Waals surface area contributed by atoms with Crippen LogP contribution in [0.15, 0.2) is 24.3 Å². The lowest BCUT2D eigenvalue weighted by atomic mass is 10.1. The van der Waals surface area contributed by atoms with Crippen molar-refractivity contribution in [3.63, 3.8) is 0 Å². The Morgan fingerprint density at radius 1 is 1.32 bits per heavy atom. The van der Waals surface area contributed by atoms with Crippen molar-refractivity contribution in [3.8, 4) is 0 Å². The molecule has 0 aliphatic carbocycles. The highest BCUT2D eigenvalue weighted by Gasteiger charge is 2.37. The topological polar surface area (TPSA) is 32.3 Å². The van der Waals surface area contributed by atoms with E-state index in [4.69, 9.17) is 0 Å². The molecule has 19 heavy (non-hydrogen) atoms. The number of carbonyl (C=O) groups is 1. The third kappa shape index (κ3) is 2.95. The number of nitrogens with zero attached hydrogens (tertiary/aromatic N) is 1. The van der Waals surface area contributed by atoms with Gasteiger partial charge in [0.2, 0.25) is 5.91 Å². The smallest absolute Gasteiger partial charge is 0.241 e. The van der Waals surface area contributed by atoms with Crippen molar-refractivity contribution in [2.45, 2.75) is 45.3 Å². The summed E-state index contributed by atoms with van der Waals surface area (Å²) in [6.07, 6.45) is 2.82. The number of nitrogens with one attached hydrogen (secondary N) is 1. The summed E-state index contributed by atoms with van der Waals surface area (Å²) in [5, 5.41) is 3.17. The van der Waals surface area contributed by atoms with Gasteiger partial charge in [0.1, 0.15) is 12.0 Å². The maximum Gasteiger partial charge on any atom is 0.241 e. The van der Waals surface area contributed by atoms with Crippen LogP contribution in [0.25, 0.3) is 0 Å². The molecule has 0 saturated carbocycles. The fraction of sp³-hybridized carbons (Fsp3) is 0.533. The molecule has 2 rings (SSSR count). The first-order chi connectivity index (χ1) is 9.15. The molecule has 0 spiro atoms. The van der Waals surface area contributed by atoms with E-state index in [9.17, 15) is 9.18 Å². The van der Waals surface area contributed by atoms with Gasteiger partial charge >= 0.3 is 0 Å². The Bertz CT molecular complexity index is 450. The molecular formula is C15H21FN2O. The summed E-state index contributed by atoms with van der Waals surface area (Å²) in [5.41, 5.74) is 0.552. The summed E-state index contributed by atoms with van der Waals surface area (Å²) in [6.45, 7) is 4.64. The predicted octanol–water partition coefficient (Wildman–Crippen LogP) is 2.83. The van der Waals surface area contributed by atoms with Gasteiger partial charge in [0.15, 0.2) is 0 Å². The first-order valence-corrected chi connectivity index (χ1v) is 6.96. The highest BCUT2D eigenvalue weighted by atomic mass is 19.1. The van der Waals surface area contributed by atoms with Gasteiger partial charge in [0, 0.05) is 12.1 Å². The molecule has 1 heterocycles. The number of carbonyl (C=O) groups excluding carboxylic acids is 1. The fourth-order valence-electron chi connectivity index (χ4n) is 2.50. The second kappa shape index (κ2) is 6.15. The standard InChI is InChI=1S/C15H21FN2O/c1-3-4-7-10-18-14(17-11(2)15(18)19)12-8-5-6-9-13(12)16/h5-6,8-9,11,14,17H,3-4,7,10H2,1-2H3. The van der Waals surface area contributed by atoms with Crippen molar-refractivity contribution >= 4 is 5.91 Å². The molecule has 1 fully saturated rings. The van der Waals surface area contributed by atoms with Crippen LogP contribution in [0.4, 0.5) is 4.39 Å². The minimum Gasteiger partial charge on any atom is -0.321 e. The van der Waals surface area contributed by atoms with E-state index in [1.165, 1.54) is 6.07 Å². The van der Waals surface area contributed by atoms with E-state index in [0.717, 1.165) is 19.3 Å². The summed E-state index contributed by atoms with van der Waals surface area (Å²) in [5.74, 6) is -0.202. The van der Waals surface area contributed by atoms with Crippen molar-refractivity contribution < 1.29 is 9.18 Å². The van der Waals surface area contributed by atoms with Crippen LogP contribution in [0, 0.1) is 5.82 Å². The molecular weight excluding hydrogens is 243 g/mol. The summed E-state index contributed by atoms with van der Waals surface area (Å²) in [6, 6.07) is 6.41. The minimum atomic E-state index is -0.333. The van der Waals surface area contributed by atoms with Gasteiger partial charge in [0.05, 0.1) is 6.04 Å².